The van der Waals surface area contributed by atoms with Gasteiger partial charge < -0.3 is 20.7 Å². The molecule has 0 aromatic heterocycles. The summed E-state index contributed by atoms with van der Waals surface area (Å²) < 4.78 is 5.40. The summed E-state index contributed by atoms with van der Waals surface area (Å²) in [6.07, 6.45) is 0. The number of amides is 2. The molecule has 0 radical (unpaired) electrons. The quantitative estimate of drug-likeness (QED) is 0.635. The van der Waals surface area contributed by atoms with Gasteiger partial charge in [0.1, 0.15) is 11.8 Å². The molecule has 0 fully saturated rings. The van der Waals surface area contributed by atoms with E-state index in [0.29, 0.717) is 18.8 Å². The van der Waals surface area contributed by atoms with E-state index >= 15 is 0 Å². The number of likely N-dealkylation sites (N-methyl/N-ethyl adjacent to an activating group) is 1. The Hall–Kier alpha value is -3.02. The van der Waals surface area contributed by atoms with Crippen molar-refractivity contribution in [1.29, 1.82) is 0 Å². The van der Waals surface area contributed by atoms with Gasteiger partial charge in [0, 0.05) is 18.8 Å². The van der Waals surface area contributed by atoms with E-state index in [-0.39, 0.29) is 24.5 Å². The van der Waals surface area contributed by atoms with Crippen molar-refractivity contribution in [2.24, 2.45) is 0 Å². The molecule has 0 bridgehead atoms. The molecule has 2 amide bonds. The zero-order valence-corrected chi connectivity index (χ0v) is 16.0. The number of benzene rings is 2. The zero-order valence-electron chi connectivity index (χ0n) is 16.0. The Morgan fingerprint density at radius 1 is 1.00 bits per heavy atom. The molecule has 0 aliphatic heterocycles. The molecule has 27 heavy (non-hydrogen) atoms. The van der Waals surface area contributed by atoms with Gasteiger partial charge in [0.05, 0.1) is 0 Å². The summed E-state index contributed by atoms with van der Waals surface area (Å²) in [4.78, 5) is 23.6. The number of hydrogen-bond acceptors (Lipinski definition) is 4. The van der Waals surface area contributed by atoms with E-state index in [9.17, 15) is 9.59 Å². The number of anilines is 1. The molecule has 144 valence electrons. The molecule has 2 aromatic carbocycles. The fourth-order valence-electron chi connectivity index (χ4n) is 2.41. The lowest BCUT2D eigenvalue weighted by Crippen LogP contribution is -2.37. The van der Waals surface area contributed by atoms with Crippen LogP contribution in [0.2, 0.25) is 0 Å². The minimum absolute atomic E-state index is 0.0154. The normalized spacial score (nSPS) is 11.4. The van der Waals surface area contributed by atoms with Gasteiger partial charge in [-0.2, -0.15) is 0 Å². The van der Waals surface area contributed by atoms with Crippen molar-refractivity contribution in [3.63, 3.8) is 0 Å². The first-order valence-corrected chi connectivity index (χ1v) is 9.07. The molecule has 0 saturated heterocycles. The Bertz CT molecular complexity index is 742. The van der Waals surface area contributed by atoms with E-state index in [4.69, 9.17) is 4.74 Å². The second-order valence-electron chi connectivity index (χ2n) is 6.34. The number of rotatable bonds is 9. The van der Waals surface area contributed by atoms with Crippen molar-refractivity contribution in [2.75, 3.05) is 18.5 Å². The molecule has 6 nitrogen and oxygen atoms in total. The summed E-state index contributed by atoms with van der Waals surface area (Å²) in [6.45, 7) is 6.76. The molecular formula is C21H27N3O3. The number of carbonyl (C=O) groups is 2. The molecule has 6 heteroatoms. The molecule has 1 atom stereocenters. The van der Waals surface area contributed by atoms with Gasteiger partial charge in [-0.25, -0.2) is 0 Å². The molecular weight excluding hydrogens is 342 g/mol. The van der Waals surface area contributed by atoms with Crippen molar-refractivity contribution < 1.29 is 14.3 Å². The van der Waals surface area contributed by atoms with Crippen LogP contribution in [0, 0.1) is 6.92 Å². The highest BCUT2D eigenvalue weighted by atomic mass is 16.5. The molecule has 0 heterocycles. The van der Waals surface area contributed by atoms with Gasteiger partial charge >= 0.3 is 0 Å². The first-order valence-electron chi connectivity index (χ1n) is 9.07. The predicted molar refractivity (Wildman–Crippen MR) is 107 cm³/mol. The van der Waals surface area contributed by atoms with Crippen LogP contribution in [-0.4, -0.2) is 31.0 Å². The third kappa shape index (κ3) is 7.01. The summed E-state index contributed by atoms with van der Waals surface area (Å²) >= 11 is 0. The van der Waals surface area contributed by atoms with Crippen molar-refractivity contribution >= 4 is 17.5 Å². The molecule has 2 rings (SSSR count). The Morgan fingerprint density at radius 2 is 1.67 bits per heavy atom. The number of nitrogens with one attached hydrogen (secondary N) is 3. The number of hydrogen-bond donors (Lipinski definition) is 3. The number of ether oxygens (including phenoxy) is 1. The van der Waals surface area contributed by atoms with Crippen LogP contribution in [-0.2, 0) is 16.1 Å². The van der Waals surface area contributed by atoms with E-state index in [1.807, 2.05) is 57.2 Å². The zero-order chi connectivity index (χ0) is 19.6. The maximum Gasteiger partial charge on any atom is 0.257 e. The SMILES string of the molecule is CCNC(=O)COc1ccc(NC(C)C(=O)NCc2ccc(C)cc2)cc1. The summed E-state index contributed by atoms with van der Waals surface area (Å²) in [6, 6.07) is 14.8. The number of aryl methyl sites for hydroxylation is 1. The van der Waals surface area contributed by atoms with Gasteiger partial charge in [-0.3, -0.25) is 9.59 Å². The highest BCUT2D eigenvalue weighted by molar-refractivity contribution is 5.84. The lowest BCUT2D eigenvalue weighted by molar-refractivity contribution is -0.123. The second kappa shape index (κ2) is 10.2. The summed E-state index contributed by atoms with van der Waals surface area (Å²) in [5, 5.41) is 8.75. The Kier molecular flexibility index (Phi) is 7.67. The van der Waals surface area contributed by atoms with Gasteiger partial charge in [0.2, 0.25) is 5.91 Å². The largest absolute Gasteiger partial charge is 0.484 e. The van der Waals surface area contributed by atoms with Gasteiger partial charge in [0.25, 0.3) is 5.91 Å². The van der Waals surface area contributed by atoms with Crippen LogP contribution < -0.4 is 20.7 Å². The van der Waals surface area contributed by atoms with Crippen LogP contribution in [0.1, 0.15) is 25.0 Å². The van der Waals surface area contributed by atoms with Crippen molar-refractivity contribution in [2.45, 2.75) is 33.4 Å². The predicted octanol–water partition coefficient (Wildman–Crippen LogP) is 2.63. The van der Waals surface area contributed by atoms with Crippen LogP contribution in [0.5, 0.6) is 5.75 Å². The van der Waals surface area contributed by atoms with Gasteiger partial charge in [0.15, 0.2) is 6.61 Å². The molecule has 0 aliphatic rings. The topological polar surface area (TPSA) is 79.5 Å². The van der Waals surface area contributed by atoms with Crippen molar-refractivity contribution in [3.8, 4) is 5.75 Å². The standard InChI is InChI=1S/C21H27N3O3/c1-4-22-20(25)14-27-19-11-9-18(10-12-19)24-16(3)21(26)23-13-17-7-5-15(2)6-8-17/h5-12,16,24H,4,13-14H2,1-3H3,(H,22,25)(H,23,26). The Morgan fingerprint density at radius 3 is 2.30 bits per heavy atom. The first-order chi connectivity index (χ1) is 13.0. The highest BCUT2D eigenvalue weighted by Crippen LogP contribution is 2.16. The summed E-state index contributed by atoms with van der Waals surface area (Å²) in [5.74, 6) is 0.369. The third-order valence-electron chi connectivity index (χ3n) is 3.96. The van der Waals surface area contributed by atoms with Crippen LogP contribution >= 0.6 is 0 Å². The Balaban J connectivity index is 1.78. The minimum atomic E-state index is -0.377. The smallest absolute Gasteiger partial charge is 0.257 e. The van der Waals surface area contributed by atoms with Crippen LogP contribution in [0.15, 0.2) is 48.5 Å². The summed E-state index contributed by atoms with van der Waals surface area (Å²) in [7, 11) is 0. The van der Waals surface area contributed by atoms with E-state index in [1.165, 1.54) is 5.56 Å². The molecule has 3 N–H and O–H groups in total. The lowest BCUT2D eigenvalue weighted by atomic mass is 10.1. The minimum Gasteiger partial charge on any atom is -0.484 e. The Labute approximate surface area is 160 Å². The van der Waals surface area contributed by atoms with Crippen LogP contribution in [0.25, 0.3) is 0 Å². The average Bonchev–Trinajstić information content (AvgIpc) is 2.67. The maximum atomic E-state index is 12.3. The fraction of sp³-hybridized carbons (Fsp3) is 0.333. The lowest BCUT2D eigenvalue weighted by Gasteiger charge is -2.16. The molecule has 0 saturated carbocycles. The fourth-order valence-corrected chi connectivity index (χ4v) is 2.41. The van der Waals surface area contributed by atoms with Gasteiger partial charge in [-0.05, 0) is 50.6 Å². The molecule has 2 aromatic rings. The van der Waals surface area contributed by atoms with E-state index in [2.05, 4.69) is 16.0 Å². The van der Waals surface area contributed by atoms with Crippen LogP contribution in [0.4, 0.5) is 5.69 Å². The second-order valence-corrected chi connectivity index (χ2v) is 6.34. The van der Waals surface area contributed by atoms with E-state index in [1.54, 1.807) is 12.1 Å². The molecule has 1 unspecified atom stereocenters. The van der Waals surface area contributed by atoms with Gasteiger partial charge in [-0.1, -0.05) is 29.8 Å². The van der Waals surface area contributed by atoms with E-state index in [0.717, 1.165) is 11.3 Å². The van der Waals surface area contributed by atoms with E-state index < -0.39 is 0 Å². The maximum absolute atomic E-state index is 12.3. The highest BCUT2D eigenvalue weighted by Gasteiger charge is 2.12. The first kappa shape index (κ1) is 20.3. The third-order valence-corrected chi connectivity index (χ3v) is 3.96. The number of carbonyl (C=O) groups excluding carboxylic acids is 2. The van der Waals surface area contributed by atoms with Crippen molar-refractivity contribution in [3.05, 3.63) is 59.7 Å². The average molecular weight is 369 g/mol. The van der Waals surface area contributed by atoms with Crippen molar-refractivity contribution in [1.82, 2.24) is 10.6 Å². The van der Waals surface area contributed by atoms with Gasteiger partial charge in [-0.15, -0.1) is 0 Å². The molecule has 0 spiro atoms. The van der Waals surface area contributed by atoms with Crippen LogP contribution in [0.3, 0.4) is 0 Å². The summed E-state index contributed by atoms with van der Waals surface area (Å²) in [5.41, 5.74) is 3.06. The monoisotopic (exact) mass is 369 g/mol. The molecule has 0 aliphatic carbocycles.